The second-order valence-electron chi connectivity index (χ2n) is 22.6. The summed E-state index contributed by atoms with van der Waals surface area (Å²) in [6.07, 6.45) is 4.81. The molecule has 0 spiro atoms. The molecule has 12 rings (SSSR count). The van der Waals surface area contributed by atoms with Crippen molar-refractivity contribution in [2.45, 2.75) is 103 Å². The van der Waals surface area contributed by atoms with Gasteiger partial charge in [-0.1, -0.05) is 189 Å². The van der Waals surface area contributed by atoms with Crippen molar-refractivity contribution < 1.29 is 0 Å². The summed E-state index contributed by atoms with van der Waals surface area (Å²) in [5.41, 5.74) is 22.9. The average molecular weight is 884 g/mol. The van der Waals surface area contributed by atoms with E-state index in [-0.39, 0.29) is 28.5 Å². The highest BCUT2D eigenvalue weighted by Crippen LogP contribution is 2.62. The average Bonchev–Trinajstić information content (AvgIpc) is 3.56. The van der Waals surface area contributed by atoms with Crippen molar-refractivity contribution in [3.8, 4) is 22.3 Å². The number of rotatable bonds is 6. The van der Waals surface area contributed by atoms with Crippen LogP contribution in [0.1, 0.15) is 97.8 Å². The molecule has 1 aliphatic carbocycles. The van der Waals surface area contributed by atoms with Crippen LogP contribution in [0.4, 0.5) is 45.5 Å². The van der Waals surface area contributed by atoms with Gasteiger partial charge in [-0.15, -0.1) is 0 Å². The summed E-state index contributed by atoms with van der Waals surface area (Å²) in [4.78, 5) is 8.05. The molecule has 2 atom stereocenters. The van der Waals surface area contributed by atoms with Gasteiger partial charge in [0, 0.05) is 45.2 Å². The molecule has 8 aromatic rings. The molecule has 3 aliphatic heterocycles. The zero-order valence-electron chi connectivity index (χ0n) is 41.1. The Morgan fingerprint density at radius 1 is 0.471 bits per heavy atom. The number of hydrogen-bond acceptors (Lipinski definition) is 3. The molecule has 0 bridgehead atoms. The SMILES string of the molecule is CC(C)(C)c1cccc(N2c3cc(C(C)(C)C)ccc3B3c4cccc5c4N(c4cc(N(c6cccc(-c7ccccc7)c6)c6cccc(-c7ccccc7)c6)cc2c43)C2(C)CCCCC52C)c1. The lowest BCUT2D eigenvalue weighted by molar-refractivity contribution is 0.195. The van der Waals surface area contributed by atoms with Gasteiger partial charge in [-0.05, 0) is 141 Å². The van der Waals surface area contributed by atoms with Crippen molar-refractivity contribution in [1.29, 1.82) is 0 Å². The molecule has 4 aliphatic rings. The number of benzene rings is 8. The van der Waals surface area contributed by atoms with Gasteiger partial charge in [0.25, 0.3) is 6.71 Å². The third-order valence-corrected chi connectivity index (χ3v) is 16.5. The van der Waals surface area contributed by atoms with Crippen LogP contribution in [-0.2, 0) is 16.2 Å². The van der Waals surface area contributed by atoms with Crippen LogP contribution in [0.25, 0.3) is 22.3 Å². The lowest BCUT2D eigenvalue weighted by atomic mass is 9.33. The highest BCUT2D eigenvalue weighted by atomic mass is 15.3. The van der Waals surface area contributed by atoms with Gasteiger partial charge in [-0.25, -0.2) is 0 Å². The van der Waals surface area contributed by atoms with Crippen molar-refractivity contribution in [1.82, 2.24) is 0 Å². The molecular formula is C64H62BN3. The third kappa shape index (κ3) is 6.47. The van der Waals surface area contributed by atoms with Gasteiger partial charge >= 0.3 is 0 Å². The number of anilines is 8. The Morgan fingerprint density at radius 3 is 1.69 bits per heavy atom. The molecule has 4 heteroatoms. The number of nitrogens with zero attached hydrogens (tertiary/aromatic N) is 3. The first-order valence-electron chi connectivity index (χ1n) is 25.0. The fourth-order valence-electron chi connectivity index (χ4n) is 12.6. The van der Waals surface area contributed by atoms with Crippen LogP contribution >= 0.6 is 0 Å². The number of para-hydroxylation sites is 1. The van der Waals surface area contributed by atoms with Crippen molar-refractivity contribution in [2.24, 2.45) is 0 Å². The molecule has 336 valence electrons. The predicted octanol–water partition coefficient (Wildman–Crippen LogP) is 15.4. The molecule has 2 unspecified atom stereocenters. The fraction of sp³-hybridized carbons (Fsp3) is 0.250. The Labute approximate surface area is 405 Å². The molecule has 3 heterocycles. The summed E-state index contributed by atoms with van der Waals surface area (Å²) in [5, 5.41) is 0. The van der Waals surface area contributed by atoms with E-state index in [1.54, 1.807) is 0 Å². The number of fused-ring (bicyclic) bond motifs is 7. The zero-order valence-corrected chi connectivity index (χ0v) is 41.1. The maximum Gasteiger partial charge on any atom is 0.252 e. The molecule has 3 nitrogen and oxygen atoms in total. The first-order valence-corrected chi connectivity index (χ1v) is 25.0. The van der Waals surface area contributed by atoms with E-state index in [9.17, 15) is 0 Å². The van der Waals surface area contributed by atoms with Gasteiger partial charge in [-0.2, -0.15) is 0 Å². The molecule has 8 aromatic carbocycles. The van der Waals surface area contributed by atoms with E-state index >= 15 is 0 Å². The second-order valence-corrected chi connectivity index (χ2v) is 22.6. The van der Waals surface area contributed by atoms with E-state index in [1.807, 2.05) is 0 Å². The summed E-state index contributed by atoms with van der Waals surface area (Å²) >= 11 is 0. The Kier molecular flexibility index (Phi) is 9.62. The van der Waals surface area contributed by atoms with E-state index in [0.29, 0.717) is 0 Å². The van der Waals surface area contributed by atoms with E-state index in [0.717, 1.165) is 23.5 Å². The van der Waals surface area contributed by atoms with Gasteiger partial charge in [0.05, 0.1) is 11.2 Å². The highest BCUT2D eigenvalue weighted by molar-refractivity contribution is 7.00. The molecule has 0 amide bonds. The van der Waals surface area contributed by atoms with Crippen molar-refractivity contribution >= 4 is 68.6 Å². The predicted molar refractivity (Wildman–Crippen MR) is 292 cm³/mol. The van der Waals surface area contributed by atoms with Gasteiger partial charge < -0.3 is 14.7 Å². The Balaban J connectivity index is 1.20. The van der Waals surface area contributed by atoms with Crippen LogP contribution in [0.5, 0.6) is 0 Å². The van der Waals surface area contributed by atoms with E-state index < -0.39 is 0 Å². The van der Waals surface area contributed by atoms with E-state index in [4.69, 9.17) is 0 Å². The molecule has 68 heavy (non-hydrogen) atoms. The van der Waals surface area contributed by atoms with Crippen LogP contribution in [0.3, 0.4) is 0 Å². The minimum Gasteiger partial charge on any atom is -0.335 e. The summed E-state index contributed by atoms with van der Waals surface area (Å²) in [6, 6.07) is 69.3. The van der Waals surface area contributed by atoms with Crippen LogP contribution in [0, 0.1) is 0 Å². The minimum absolute atomic E-state index is 0.000340. The number of hydrogen-bond donors (Lipinski definition) is 0. The van der Waals surface area contributed by atoms with E-state index in [2.05, 4.69) is 252 Å². The highest BCUT2D eigenvalue weighted by Gasteiger charge is 2.61. The topological polar surface area (TPSA) is 9.72 Å². The Hall–Kier alpha value is -6.78. The second kappa shape index (κ2) is 15.4. The summed E-state index contributed by atoms with van der Waals surface area (Å²) in [6.45, 7) is 19.3. The summed E-state index contributed by atoms with van der Waals surface area (Å²) in [5.74, 6) is 0. The van der Waals surface area contributed by atoms with Crippen LogP contribution in [0.15, 0.2) is 182 Å². The Bertz CT molecular complexity index is 3190. The Morgan fingerprint density at radius 2 is 1.04 bits per heavy atom. The van der Waals surface area contributed by atoms with Crippen LogP contribution in [-0.4, -0.2) is 12.3 Å². The van der Waals surface area contributed by atoms with Crippen molar-refractivity contribution in [2.75, 3.05) is 14.7 Å². The molecule has 1 saturated carbocycles. The lowest BCUT2D eigenvalue weighted by Gasteiger charge is -2.53. The first-order chi connectivity index (χ1) is 32.7. The standard InChI is InChI=1S/C64H62BN3/c1-61(2,3)47-27-19-30-51(39-47)67-56-40-48(62(4,5)6)33-34-54(56)65-55-32-20-31-53-60(55)68(64(8)36-16-15-35-63(53,64)7)58-42-52(41-57(67)59(58)65)66(49-28-17-25-45(37-49)43-21-11-9-12-22-43)50-29-18-26-46(38-50)44-23-13-10-14-24-44/h9-14,17-34,37-42H,15-16,35-36H2,1-8H3. The minimum atomic E-state index is -0.111. The zero-order chi connectivity index (χ0) is 46.7. The molecular weight excluding hydrogens is 822 g/mol. The first kappa shape index (κ1) is 42.6. The maximum atomic E-state index is 2.87. The normalized spacial score (nSPS) is 19.0. The molecule has 0 aromatic heterocycles. The van der Waals surface area contributed by atoms with Gasteiger partial charge in [0.1, 0.15) is 0 Å². The molecule has 1 fully saturated rings. The van der Waals surface area contributed by atoms with Gasteiger partial charge in [0.2, 0.25) is 0 Å². The fourth-order valence-corrected chi connectivity index (χ4v) is 12.6. The van der Waals surface area contributed by atoms with Crippen LogP contribution < -0.4 is 31.1 Å². The summed E-state index contributed by atoms with van der Waals surface area (Å²) in [7, 11) is 0. The third-order valence-electron chi connectivity index (χ3n) is 16.5. The van der Waals surface area contributed by atoms with E-state index in [1.165, 1.54) is 103 Å². The van der Waals surface area contributed by atoms with Gasteiger partial charge in [0.15, 0.2) is 0 Å². The largest absolute Gasteiger partial charge is 0.335 e. The smallest absolute Gasteiger partial charge is 0.252 e. The molecule has 0 N–H and O–H groups in total. The summed E-state index contributed by atoms with van der Waals surface area (Å²) < 4.78 is 0. The van der Waals surface area contributed by atoms with Crippen molar-refractivity contribution in [3.63, 3.8) is 0 Å². The molecule has 0 saturated heterocycles. The lowest BCUT2D eigenvalue weighted by Crippen LogP contribution is -2.64. The van der Waals surface area contributed by atoms with Crippen LogP contribution in [0.2, 0.25) is 0 Å². The van der Waals surface area contributed by atoms with Gasteiger partial charge in [-0.3, -0.25) is 0 Å². The maximum absolute atomic E-state index is 2.87. The van der Waals surface area contributed by atoms with Crippen molar-refractivity contribution in [3.05, 3.63) is 199 Å². The quantitative estimate of drug-likeness (QED) is 0.154. The monoisotopic (exact) mass is 884 g/mol. The molecule has 0 radical (unpaired) electrons.